The summed E-state index contributed by atoms with van der Waals surface area (Å²) in [4.78, 5) is 0. The predicted octanol–water partition coefficient (Wildman–Crippen LogP) is 3.47. The van der Waals surface area contributed by atoms with Gasteiger partial charge in [0.05, 0.1) is 0 Å². The molecule has 0 spiro atoms. The van der Waals surface area contributed by atoms with E-state index in [0.717, 1.165) is 6.42 Å². The largest absolute Gasteiger partial charge is 0.325 e. The van der Waals surface area contributed by atoms with Crippen LogP contribution in [0.25, 0.3) is 0 Å². The van der Waals surface area contributed by atoms with Gasteiger partial charge in [-0.3, -0.25) is 0 Å². The summed E-state index contributed by atoms with van der Waals surface area (Å²) in [5.74, 6) is 0. The molecular weight excluding hydrogens is 158 g/mol. The molecule has 0 saturated heterocycles. The summed E-state index contributed by atoms with van der Waals surface area (Å²) in [7, 11) is 0. The lowest BCUT2D eigenvalue weighted by molar-refractivity contribution is 0.116. The second kappa shape index (κ2) is 4.00. The van der Waals surface area contributed by atoms with Crippen LogP contribution in [0.5, 0.6) is 0 Å². The lowest BCUT2D eigenvalue weighted by Crippen LogP contribution is -2.45. The molecule has 1 aliphatic rings. The van der Waals surface area contributed by atoms with Gasteiger partial charge in [-0.05, 0) is 37.5 Å². The second-order valence-corrected chi connectivity index (χ2v) is 4.92. The number of hydrogen-bond donors (Lipinski definition) is 1. The van der Waals surface area contributed by atoms with E-state index in [4.69, 9.17) is 5.73 Å². The maximum absolute atomic E-state index is 6.29. The van der Waals surface area contributed by atoms with E-state index in [9.17, 15) is 0 Å². The molecule has 0 amide bonds. The van der Waals surface area contributed by atoms with Gasteiger partial charge < -0.3 is 5.73 Å². The summed E-state index contributed by atoms with van der Waals surface area (Å²) in [5, 5.41) is 0. The van der Waals surface area contributed by atoms with Gasteiger partial charge in [0.1, 0.15) is 0 Å². The van der Waals surface area contributed by atoms with Gasteiger partial charge in [0, 0.05) is 5.54 Å². The molecule has 0 unspecified atom stereocenters. The molecule has 0 aromatic rings. The highest BCUT2D eigenvalue weighted by atomic mass is 14.7. The first kappa shape index (κ1) is 11.0. The molecule has 1 rings (SSSR count). The van der Waals surface area contributed by atoms with Crippen molar-refractivity contribution in [2.75, 3.05) is 0 Å². The molecule has 0 atom stereocenters. The third-order valence-electron chi connectivity index (χ3n) is 4.51. The van der Waals surface area contributed by atoms with E-state index in [0.29, 0.717) is 5.41 Å². The first-order valence-corrected chi connectivity index (χ1v) is 5.88. The molecule has 1 saturated carbocycles. The zero-order chi connectivity index (χ0) is 9.95. The van der Waals surface area contributed by atoms with E-state index in [1.165, 1.54) is 38.5 Å². The van der Waals surface area contributed by atoms with E-state index in [1.54, 1.807) is 0 Å². The second-order valence-electron chi connectivity index (χ2n) is 4.92. The Kier molecular flexibility index (Phi) is 3.39. The van der Waals surface area contributed by atoms with Crippen LogP contribution in [-0.2, 0) is 0 Å². The first-order valence-electron chi connectivity index (χ1n) is 5.88. The molecule has 0 heterocycles. The van der Waals surface area contributed by atoms with Crippen LogP contribution in [0, 0.1) is 5.41 Å². The van der Waals surface area contributed by atoms with Gasteiger partial charge in [-0.2, -0.15) is 0 Å². The highest BCUT2D eigenvalue weighted by Crippen LogP contribution is 2.45. The molecule has 0 aromatic carbocycles. The van der Waals surface area contributed by atoms with E-state index in [-0.39, 0.29) is 5.54 Å². The third-order valence-corrected chi connectivity index (χ3v) is 4.51. The third kappa shape index (κ3) is 2.25. The number of rotatable bonds is 3. The number of nitrogens with two attached hydrogens (primary N) is 1. The smallest absolute Gasteiger partial charge is 0.0152 e. The monoisotopic (exact) mass is 183 g/mol. The lowest BCUT2D eigenvalue weighted by Gasteiger charge is -2.44. The van der Waals surface area contributed by atoms with Crippen molar-refractivity contribution in [3.8, 4) is 0 Å². The van der Waals surface area contributed by atoms with Gasteiger partial charge in [0.25, 0.3) is 0 Å². The Balaban J connectivity index is 2.54. The number of hydrogen-bond acceptors (Lipinski definition) is 1. The summed E-state index contributed by atoms with van der Waals surface area (Å²) in [6.07, 6.45) is 9.01. The van der Waals surface area contributed by atoms with Crippen molar-refractivity contribution < 1.29 is 0 Å². The van der Waals surface area contributed by atoms with Gasteiger partial charge in [0.2, 0.25) is 0 Å². The van der Waals surface area contributed by atoms with Gasteiger partial charge in [0.15, 0.2) is 0 Å². The molecule has 2 N–H and O–H groups in total. The average Bonchev–Trinajstić information content (AvgIpc) is 2.20. The van der Waals surface area contributed by atoms with Crippen molar-refractivity contribution in [2.24, 2.45) is 11.1 Å². The van der Waals surface area contributed by atoms with Crippen LogP contribution in [0.3, 0.4) is 0 Å². The minimum Gasteiger partial charge on any atom is -0.325 e. The summed E-state index contributed by atoms with van der Waals surface area (Å²) in [5.41, 5.74) is 7.10. The molecule has 1 aliphatic carbocycles. The van der Waals surface area contributed by atoms with Crippen molar-refractivity contribution in [1.29, 1.82) is 0 Å². The van der Waals surface area contributed by atoms with E-state index in [1.807, 2.05) is 0 Å². The van der Waals surface area contributed by atoms with E-state index < -0.39 is 0 Å². The molecule has 1 fully saturated rings. The molecule has 1 nitrogen and oxygen atoms in total. The summed E-state index contributed by atoms with van der Waals surface area (Å²) in [6.45, 7) is 6.89. The van der Waals surface area contributed by atoms with Crippen LogP contribution < -0.4 is 5.73 Å². The minimum atomic E-state index is 0.174. The summed E-state index contributed by atoms with van der Waals surface area (Å²) >= 11 is 0. The SMILES string of the molecule is CCC1(N)CCC(CC)(CC)CC1. The van der Waals surface area contributed by atoms with Gasteiger partial charge in [-0.1, -0.05) is 33.6 Å². The topological polar surface area (TPSA) is 26.0 Å². The maximum Gasteiger partial charge on any atom is 0.0152 e. The van der Waals surface area contributed by atoms with Gasteiger partial charge >= 0.3 is 0 Å². The fourth-order valence-electron chi connectivity index (χ4n) is 2.59. The molecule has 13 heavy (non-hydrogen) atoms. The Hall–Kier alpha value is -0.0400. The Morgan fingerprint density at radius 3 is 1.62 bits per heavy atom. The van der Waals surface area contributed by atoms with Crippen LogP contribution >= 0.6 is 0 Å². The van der Waals surface area contributed by atoms with Crippen LogP contribution in [0.2, 0.25) is 0 Å². The van der Waals surface area contributed by atoms with Crippen LogP contribution in [-0.4, -0.2) is 5.54 Å². The average molecular weight is 183 g/mol. The highest BCUT2D eigenvalue weighted by Gasteiger charge is 2.37. The molecule has 78 valence electrons. The van der Waals surface area contributed by atoms with E-state index >= 15 is 0 Å². The first-order chi connectivity index (χ1) is 6.10. The van der Waals surface area contributed by atoms with Gasteiger partial charge in [-0.15, -0.1) is 0 Å². The summed E-state index contributed by atoms with van der Waals surface area (Å²) in [6, 6.07) is 0. The minimum absolute atomic E-state index is 0.174. The predicted molar refractivity (Wildman–Crippen MR) is 58.7 cm³/mol. The van der Waals surface area contributed by atoms with Crippen molar-refractivity contribution >= 4 is 0 Å². The van der Waals surface area contributed by atoms with Crippen molar-refractivity contribution in [3.05, 3.63) is 0 Å². The van der Waals surface area contributed by atoms with E-state index in [2.05, 4.69) is 20.8 Å². The molecule has 0 aromatic heterocycles. The van der Waals surface area contributed by atoms with Crippen molar-refractivity contribution in [3.63, 3.8) is 0 Å². The quantitative estimate of drug-likeness (QED) is 0.712. The fourth-order valence-corrected chi connectivity index (χ4v) is 2.59. The zero-order valence-corrected chi connectivity index (χ0v) is 9.53. The standard InChI is InChI=1S/C12H25N/c1-4-11(5-2)7-9-12(13,6-3)10-8-11/h4-10,13H2,1-3H3. The van der Waals surface area contributed by atoms with Gasteiger partial charge in [-0.25, -0.2) is 0 Å². The van der Waals surface area contributed by atoms with Crippen molar-refractivity contribution in [1.82, 2.24) is 0 Å². The molecule has 0 aliphatic heterocycles. The Labute approximate surface area is 83.1 Å². The Morgan fingerprint density at radius 2 is 1.31 bits per heavy atom. The maximum atomic E-state index is 6.29. The summed E-state index contributed by atoms with van der Waals surface area (Å²) < 4.78 is 0. The Bertz CT molecular complexity index is 149. The zero-order valence-electron chi connectivity index (χ0n) is 9.53. The Morgan fingerprint density at radius 1 is 0.846 bits per heavy atom. The normalized spacial score (nSPS) is 25.8. The van der Waals surface area contributed by atoms with Crippen LogP contribution in [0.4, 0.5) is 0 Å². The van der Waals surface area contributed by atoms with Crippen molar-refractivity contribution in [2.45, 2.75) is 71.3 Å². The molecular formula is C12H25N. The van der Waals surface area contributed by atoms with Crippen LogP contribution in [0.15, 0.2) is 0 Å². The van der Waals surface area contributed by atoms with Crippen LogP contribution in [0.1, 0.15) is 65.7 Å². The highest BCUT2D eigenvalue weighted by molar-refractivity contribution is 4.94. The fraction of sp³-hybridized carbons (Fsp3) is 1.00. The molecule has 1 heteroatoms. The molecule has 0 bridgehead atoms. The molecule has 0 radical (unpaired) electrons. The lowest BCUT2D eigenvalue weighted by atomic mass is 9.64.